The lowest BCUT2D eigenvalue weighted by atomic mass is 9.87. The largest absolute Gasteiger partial charge is 0.391 e. The molecular formula is C13H23NO2. The summed E-state index contributed by atoms with van der Waals surface area (Å²) in [7, 11) is 2.12. The van der Waals surface area contributed by atoms with Gasteiger partial charge in [0.25, 0.3) is 0 Å². The highest BCUT2D eigenvalue weighted by atomic mass is 16.3. The molecule has 0 aliphatic heterocycles. The third-order valence-corrected chi connectivity index (χ3v) is 4.31. The van der Waals surface area contributed by atoms with Crippen molar-refractivity contribution in [3.63, 3.8) is 0 Å². The number of rotatable bonds is 2. The van der Waals surface area contributed by atoms with Crippen molar-refractivity contribution in [1.29, 1.82) is 0 Å². The highest BCUT2D eigenvalue weighted by molar-refractivity contribution is 5.79. The first-order chi connectivity index (χ1) is 7.68. The fraction of sp³-hybridized carbons (Fsp3) is 0.923. The summed E-state index contributed by atoms with van der Waals surface area (Å²) in [5.74, 6) is 0.411. The number of aliphatic hydroxyl groups excluding tert-OH is 1. The van der Waals surface area contributed by atoms with E-state index < -0.39 is 0 Å². The molecule has 16 heavy (non-hydrogen) atoms. The summed E-state index contributed by atoms with van der Waals surface area (Å²) >= 11 is 0. The molecule has 0 aromatic rings. The van der Waals surface area contributed by atoms with Gasteiger partial charge in [-0.15, -0.1) is 0 Å². The molecule has 0 aromatic heterocycles. The van der Waals surface area contributed by atoms with Crippen molar-refractivity contribution in [1.82, 2.24) is 4.90 Å². The van der Waals surface area contributed by atoms with Gasteiger partial charge < -0.3 is 5.11 Å². The second-order valence-electron chi connectivity index (χ2n) is 5.35. The standard InChI is InChI=1S/C13H23NO2/c1-14(10-6-8-11(15)9-7-10)12-4-2-3-5-13(12)16/h10,12-13,16H,2-9H2,1H3. The Morgan fingerprint density at radius 1 is 1.12 bits per heavy atom. The van der Waals surface area contributed by atoms with Crippen LogP contribution in [0.15, 0.2) is 0 Å². The lowest BCUT2D eigenvalue weighted by Gasteiger charge is -2.41. The molecule has 2 aliphatic carbocycles. The van der Waals surface area contributed by atoms with Crippen LogP contribution in [0.3, 0.4) is 0 Å². The zero-order valence-electron chi connectivity index (χ0n) is 10.2. The van der Waals surface area contributed by atoms with Crippen LogP contribution in [0.25, 0.3) is 0 Å². The quantitative estimate of drug-likeness (QED) is 0.778. The molecule has 2 unspecified atom stereocenters. The van der Waals surface area contributed by atoms with Gasteiger partial charge >= 0.3 is 0 Å². The van der Waals surface area contributed by atoms with E-state index in [2.05, 4.69) is 11.9 Å². The van der Waals surface area contributed by atoms with E-state index in [1.54, 1.807) is 0 Å². The van der Waals surface area contributed by atoms with Crippen LogP contribution < -0.4 is 0 Å². The predicted octanol–water partition coefficient (Wildman–Crippen LogP) is 1.73. The summed E-state index contributed by atoms with van der Waals surface area (Å²) in [5.41, 5.74) is 0. The van der Waals surface area contributed by atoms with Crippen LogP contribution in [0.2, 0.25) is 0 Å². The molecule has 2 saturated carbocycles. The Balaban J connectivity index is 1.90. The van der Waals surface area contributed by atoms with Gasteiger partial charge in [-0.2, -0.15) is 0 Å². The maximum atomic E-state index is 11.2. The molecule has 2 aliphatic rings. The fourth-order valence-corrected chi connectivity index (χ4v) is 3.17. The van der Waals surface area contributed by atoms with Gasteiger partial charge in [0.2, 0.25) is 0 Å². The van der Waals surface area contributed by atoms with E-state index in [4.69, 9.17) is 0 Å². The number of likely N-dealkylation sites (N-methyl/N-ethyl adjacent to an activating group) is 1. The van der Waals surface area contributed by atoms with Gasteiger partial charge in [-0.25, -0.2) is 0 Å². The molecule has 3 nitrogen and oxygen atoms in total. The first-order valence-corrected chi connectivity index (χ1v) is 6.60. The van der Waals surface area contributed by atoms with Crippen molar-refractivity contribution in [3.05, 3.63) is 0 Å². The molecule has 2 rings (SSSR count). The lowest BCUT2D eigenvalue weighted by molar-refractivity contribution is -0.121. The number of aliphatic hydroxyl groups is 1. The van der Waals surface area contributed by atoms with Crippen LogP contribution >= 0.6 is 0 Å². The molecule has 0 spiro atoms. The molecule has 92 valence electrons. The van der Waals surface area contributed by atoms with E-state index in [1.165, 1.54) is 6.42 Å². The number of hydrogen-bond acceptors (Lipinski definition) is 3. The Morgan fingerprint density at radius 2 is 1.75 bits per heavy atom. The number of carbonyl (C=O) groups is 1. The minimum Gasteiger partial charge on any atom is -0.391 e. The lowest BCUT2D eigenvalue weighted by Crippen LogP contribution is -2.49. The topological polar surface area (TPSA) is 40.5 Å². The highest BCUT2D eigenvalue weighted by Gasteiger charge is 2.32. The number of Topliss-reactive ketones (excluding diaryl/α,β-unsaturated/α-hetero) is 1. The Bertz CT molecular complexity index is 244. The Kier molecular flexibility index (Phi) is 3.98. The predicted molar refractivity (Wildman–Crippen MR) is 63.3 cm³/mol. The van der Waals surface area contributed by atoms with Crippen LogP contribution in [0, 0.1) is 0 Å². The average molecular weight is 225 g/mol. The van der Waals surface area contributed by atoms with E-state index in [0.717, 1.165) is 44.9 Å². The molecule has 0 saturated heterocycles. The van der Waals surface area contributed by atoms with Crippen molar-refractivity contribution in [2.24, 2.45) is 0 Å². The molecule has 0 radical (unpaired) electrons. The third kappa shape index (κ3) is 2.64. The number of carbonyl (C=O) groups excluding carboxylic acids is 1. The zero-order valence-corrected chi connectivity index (χ0v) is 10.2. The van der Waals surface area contributed by atoms with Gasteiger partial charge in [-0.3, -0.25) is 9.69 Å². The van der Waals surface area contributed by atoms with Gasteiger partial charge in [0, 0.05) is 24.9 Å². The minimum atomic E-state index is -0.156. The first-order valence-electron chi connectivity index (χ1n) is 6.60. The molecule has 0 bridgehead atoms. The van der Waals surface area contributed by atoms with Crippen molar-refractivity contribution >= 4 is 5.78 Å². The SMILES string of the molecule is CN(C1CCC(=O)CC1)C1CCCCC1O. The van der Waals surface area contributed by atoms with Gasteiger partial charge in [-0.05, 0) is 32.7 Å². The number of nitrogens with zero attached hydrogens (tertiary/aromatic N) is 1. The van der Waals surface area contributed by atoms with Crippen LogP contribution in [0.1, 0.15) is 51.4 Å². The van der Waals surface area contributed by atoms with E-state index in [9.17, 15) is 9.90 Å². The Labute approximate surface area is 97.8 Å². The number of hydrogen-bond donors (Lipinski definition) is 1. The van der Waals surface area contributed by atoms with Crippen molar-refractivity contribution in [3.8, 4) is 0 Å². The van der Waals surface area contributed by atoms with Gasteiger partial charge in [0.15, 0.2) is 0 Å². The second-order valence-corrected chi connectivity index (χ2v) is 5.35. The summed E-state index contributed by atoms with van der Waals surface area (Å²) in [5, 5.41) is 10.0. The monoisotopic (exact) mass is 225 g/mol. The van der Waals surface area contributed by atoms with Crippen LogP contribution in [-0.2, 0) is 4.79 Å². The molecular weight excluding hydrogens is 202 g/mol. The van der Waals surface area contributed by atoms with Gasteiger partial charge in [0.05, 0.1) is 6.10 Å². The summed E-state index contributed by atoms with van der Waals surface area (Å²) < 4.78 is 0. The molecule has 2 fully saturated rings. The van der Waals surface area contributed by atoms with Crippen LogP contribution in [-0.4, -0.2) is 41.0 Å². The van der Waals surface area contributed by atoms with Crippen LogP contribution in [0.5, 0.6) is 0 Å². The molecule has 0 aromatic carbocycles. The van der Waals surface area contributed by atoms with Crippen molar-refractivity contribution in [2.75, 3.05) is 7.05 Å². The average Bonchev–Trinajstić information content (AvgIpc) is 2.30. The molecule has 0 amide bonds. The first kappa shape index (κ1) is 12.1. The Hall–Kier alpha value is -0.410. The van der Waals surface area contributed by atoms with E-state index in [1.807, 2.05) is 0 Å². The molecule has 3 heteroatoms. The van der Waals surface area contributed by atoms with Gasteiger partial charge in [-0.1, -0.05) is 12.8 Å². The minimum absolute atomic E-state index is 0.156. The second kappa shape index (κ2) is 5.28. The van der Waals surface area contributed by atoms with Crippen molar-refractivity contribution < 1.29 is 9.90 Å². The molecule has 2 atom stereocenters. The van der Waals surface area contributed by atoms with Crippen molar-refractivity contribution in [2.45, 2.75) is 69.6 Å². The smallest absolute Gasteiger partial charge is 0.133 e. The maximum Gasteiger partial charge on any atom is 0.133 e. The summed E-state index contributed by atoms with van der Waals surface area (Å²) in [6.45, 7) is 0. The van der Waals surface area contributed by atoms with Gasteiger partial charge in [0.1, 0.15) is 5.78 Å². The van der Waals surface area contributed by atoms with E-state index in [0.29, 0.717) is 17.9 Å². The third-order valence-electron chi connectivity index (χ3n) is 4.31. The number of ketones is 1. The summed E-state index contributed by atoms with van der Waals surface area (Å²) in [6, 6.07) is 0.836. The van der Waals surface area contributed by atoms with Crippen LogP contribution in [0.4, 0.5) is 0 Å². The van der Waals surface area contributed by atoms with E-state index in [-0.39, 0.29) is 6.10 Å². The highest BCUT2D eigenvalue weighted by Crippen LogP contribution is 2.28. The summed E-state index contributed by atoms with van der Waals surface area (Å²) in [4.78, 5) is 13.5. The molecule has 1 N–H and O–H groups in total. The molecule has 0 heterocycles. The zero-order chi connectivity index (χ0) is 11.5. The fourth-order valence-electron chi connectivity index (χ4n) is 3.17. The maximum absolute atomic E-state index is 11.2. The Morgan fingerprint density at radius 3 is 2.38 bits per heavy atom. The summed E-state index contributed by atoms with van der Waals surface area (Å²) in [6.07, 6.45) is 7.73. The normalized spacial score (nSPS) is 33.3. The van der Waals surface area contributed by atoms with E-state index >= 15 is 0 Å².